The molecule has 0 aliphatic carbocycles. The highest BCUT2D eigenvalue weighted by molar-refractivity contribution is 6.03. The standard InChI is InChI=1S/C19H19N3O4/c1-26-14-8-7-13(16(23)9-14)10-21-22-19(25)17-15(11-20-18(17)24)12-5-3-2-4-6-12/h2-10,15,17,23H,11H2,1H3,(H,20,24)(H,22,25)/b21-10+/t15-,17+/m0/s1. The van der Waals surface area contributed by atoms with Crippen LogP contribution in [0.3, 0.4) is 0 Å². The Balaban J connectivity index is 1.69. The second-order valence-electron chi connectivity index (χ2n) is 5.90. The Labute approximate surface area is 150 Å². The van der Waals surface area contributed by atoms with E-state index in [-0.39, 0.29) is 17.6 Å². The Morgan fingerprint density at radius 3 is 2.77 bits per heavy atom. The predicted molar refractivity (Wildman–Crippen MR) is 96.1 cm³/mol. The summed E-state index contributed by atoms with van der Waals surface area (Å²) >= 11 is 0. The molecule has 0 bridgehead atoms. The normalized spacial score (nSPS) is 19.3. The molecule has 2 aromatic carbocycles. The lowest BCUT2D eigenvalue weighted by molar-refractivity contribution is -0.133. The van der Waals surface area contributed by atoms with Crippen molar-refractivity contribution in [2.75, 3.05) is 13.7 Å². The maximum Gasteiger partial charge on any atom is 0.253 e. The number of hydrogen-bond donors (Lipinski definition) is 3. The summed E-state index contributed by atoms with van der Waals surface area (Å²) in [6.07, 6.45) is 1.32. The molecule has 2 amide bonds. The van der Waals surface area contributed by atoms with Crippen LogP contribution in [-0.2, 0) is 9.59 Å². The number of nitrogens with one attached hydrogen (secondary N) is 2. The fourth-order valence-corrected chi connectivity index (χ4v) is 2.93. The average molecular weight is 353 g/mol. The number of methoxy groups -OCH3 is 1. The van der Waals surface area contributed by atoms with Crippen LogP contribution in [0, 0.1) is 5.92 Å². The van der Waals surface area contributed by atoms with Gasteiger partial charge in [-0.15, -0.1) is 0 Å². The lowest BCUT2D eigenvalue weighted by atomic mass is 9.88. The number of hydrazone groups is 1. The first-order valence-corrected chi connectivity index (χ1v) is 8.12. The van der Waals surface area contributed by atoms with E-state index < -0.39 is 11.8 Å². The maximum atomic E-state index is 12.4. The van der Waals surface area contributed by atoms with Gasteiger partial charge in [-0.3, -0.25) is 9.59 Å². The van der Waals surface area contributed by atoms with Gasteiger partial charge in [-0.25, -0.2) is 5.43 Å². The van der Waals surface area contributed by atoms with Gasteiger partial charge in [0.1, 0.15) is 17.4 Å². The summed E-state index contributed by atoms with van der Waals surface area (Å²) in [5.74, 6) is -1.41. The molecule has 0 radical (unpaired) electrons. The summed E-state index contributed by atoms with van der Waals surface area (Å²) in [6.45, 7) is 0.407. The summed E-state index contributed by atoms with van der Waals surface area (Å²) in [5.41, 5.74) is 3.72. The van der Waals surface area contributed by atoms with Gasteiger partial charge in [0.2, 0.25) is 5.91 Å². The topological polar surface area (TPSA) is 100 Å². The van der Waals surface area contributed by atoms with E-state index in [1.807, 2.05) is 30.3 Å². The number of carbonyl (C=O) groups is 2. The third kappa shape index (κ3) is 3.66. The van der Waals surface area contributed by atoms with Gasteiger partial charge in [-0.1, -0.05) is 30.3 Å². The van der Waals surface area contributed by atoms with E-state index in [9.17, 15) is 14.7 Å². The third-order valence-electron chi connectivity index (χ3n) is 4.31. The van der Waals surface area contributed by atoms with Crippen LogP contribution in [0.5, 0.6) is 11.5 Å². The monoisotopic (exact) mass is 353 g/mol. The lowest BCUT2D eigenvalue weighted by Crippen LogP contribution is -2.34. The molecule has 2 atom stereocenters. The van der Waals surface area contributed by atoms with Crippen molar-refractivity contribution >= 4 is 18.0 Å². The van der Waals surface area contributed by atoms with Crippen molar-refractivity contribution in [3.63, 3.8) is 0 Å². The Kier molecular flexibility index (Phi) is 5.17. The highest BCUT2D eigenvalue weighted by Gasteiger charge is 2.40. The van der Waals surface area contributed by atoms with Gasteiger partial charge in [-0.2, -0.15) is 5.10 Å². The van der Waals surface area contributed by atoms with E-state index in [1.54, 1.807) is 12.1 Å². The molecule has 3 rings (SSSR count). The second kappa shape index (κ2) is 7.69. The zero-order valence-corrected chi connectivity index (χ0v) is 14.2. The van der Waals surface area contributed by atoms with E-state index in [4.69, 9.17) is 4.74 Å². The number of nitrogens with zero attached hydrogens (tertiary/aromatic N) is 1. The second-order valence-corrected chi connectivity index (χ2v) is 5.90. The summed E-state index contributed by atoms with van der Waals surface area (Å²) < 4.78 is 5.01. The SMILES string of the molecule is COc1ccc(/C=N/NC(=O)[C@H]2C(=O)NC[C@H]2c2ccccc2)c(O)c1. The summed E-state index contributed by atoms with van der Waals surface area (Å²) in [4.78, 5) is 24.5. The molecule has 3 N–H and O–H groups in total. The largest absolute Gasteiger partial charge is 0.507 e. The maximum absolute atomic E-state index is 12.4. The van der Waals surface area contributed by atoms with Crippen molar-refractivity contribution < 1.29 is 19.4 Å². The van der Waals surface area contributed by atoms with Crippen molar-refractivity contribution in [3.05, 3.63) is 59.7 Å². The number of phenolic OH excluding ortho intramolecular Hbond substituents is 1. The number of amides is 2. The molecule has 0 saturated carbocycles. The number of carbonyl (C=O) groups excluding carboxylic acids is 2. The molecule has 1 saturated heterocycles. The van der Waals surface area contributed by atoms with Crippen LogP contribution in [0.15, 0.2) is 53.6 Å². The van der Waals surface area contributed by atoms with Crippen LogP contribution < -0.4 is 15.5 Å². The quantitative estimate of drug-likeness (QED) is 0.429. The number of aromatic hydroxyl groups is 1. The molecular weight excluding hydrogens is 334 g/mol. The fraction of sp³-hybridized carbons (Fsp3) is 0.211. The summed E-state index contributed by atoms with van der Waals surface area (Å²) in [7, 11) is 1.50. The Hall–Kier alpha value is -3.35. The first-order valence-electron chi connectivity index (χ1n) is 8.12. The molecule has 0 aromatic heterocycles. The van der Waals surface area contributed by atoms with E-state index in [0.29, 0.717) is 17.9 Å². The lowest BCUT2D eigenvalue weighted by Gasteiger charge is -2.15. The number of benzene rings is 2. The van der Waals surface area contributed by atoms with Crippen molar-refractivity contribution in [2.45, 2.75) is 5.92 Å². The van der Waals surface area contributed by atoms with Crippen LogP contribution in [0.1, 0.15) is 17.0 Å². The summed E-state index contributed by atoms with van der Waals surface area (Å²) in [5, 5.41) is 16.5. The van der Waals surface area contributed by atoms with Gasteiger partial charge in [0.15, 0.2) is 0 Å². The van der Waals surface area contributed by atoms with Gasteiger partial charge in [0, 0.05) is 24.1 Å². The van der Waals surface area contributed by atoms with Gasteiger partial charge < -0.3 is 15.2 Å². The van der Waals surface area contributed by atoms with Crippen molar-refractivity contribution in [1.29, 1.82) is 0 Å². The minimum absolute atomic E-state index is 0.0249. The molecule has 26 heavy (non-hydrogen) atoms. The highest BCUT2D eigenvalue weighted by atomic mass is 16.5. The smallest absolute Gasteiger partial charge is 0.253 e. The molecule has 0 spiro atoms. The van der Waals surface area contributed by atoms with Crippen LogP contribution in [0.25, 0.3) is 0 Å². The molecule has 1 heterocycles. The number of ether oxygens (including phenoxy) is 1. The van der Waals surface area contributed by atoms with Crippen molar-refractivity contribution in [3.8, 4) is 11.5 Å². The minimum atomic E-state index is -0.848. The minimum Gasteiger partial charge on any atom is -0.507 e. The molecule has 1 fully saturated rings. The van der Waals surface area contributed by atoms with Gasteiger partial charge in [0.25, 0.3) is 5.91 Å². The van der Waals surface area contributed by atoms with Crippen LogP contribution >= 0.6 is 0 Å². The summed E-state index contributed by atoms with van der Waals surface area (Å²) in [6, 6.07) is 14.1. The zero-order chi connectivity index (χ0) is 18.5. The van der Waals surface area contributed by atoms with E-state index in [2.05, 4.69) is 15.8 Å². The van der Waals surface area contributed by atoms with Crippen LogP contribution in [0.2, 0.25) is 0 Å². The van der Waals surface area contributed by atoms with Crippen molar-refractivity contribution in [2.24, 2.45) is 11.0 Å². The van der Waals surface area contributed by atoms with Crippen molar-refractivity contribution in [1.82, 2.24) is 10.7 Å². The molecule has 7 heteroatoms. The molecule has 1 aliphatic heterocycles. The number of rotatable bonds is 5. The highest BCUT2D eigenvalue weighted by Crippen LogP contribution is 2.29. The molecule has 2 aromatic rings. The van der Waals surface area contributed by atoms with Gasteiger partial charge >= 0.3 is 0 Å². The molecule has 134 valence electrons. The Bertz CT molecular complexity index is 836. The van der Waals surface area contributed by atoms with Gasteiger partial charge in [-0.05, 0) is 17.7 Å². The fourth-order valence-electron chi connectivity index (χ4n) is 2.93. The molecule has 0 unspecified atom stereocenters. The van der Waals surface area contributed by atoms with Crippen LogP contribution in [0.4, 0.5) is 0 Å². The number of hydrogen-bond acceptors (Lipinski definition) is 5. The van der Waals surface area contributed by atoms with E-state index >= 15 is 0 Å². The van der Waals surface area contributed by atoms with Crippen LogP contribution in [-0.4, -0.2) is 36.8 Å². The Morgan fingerprint density at radius 2 is 2.08 bits per heavy atom. The molecule has 1 aliphatic rings. The molecule has 7 nitrogen and oxygen atoms in total. The first-order chi connectivity index (χ1) is 12.6. The number of phenols is 1. The molecular formula is C19H19N3O4. The van der Waals surface area contributed by atoms with Gasteiger partial charge in [0.05, 0.1) is 13.3 Å². The third-order valence-corrected chi connectivity index (χ3v) is 4.31. The Morgan fingerprint density at radius 1 is 1.31 bits per heavy atom. The predicted octanol–water partition coefficient (Wildman–Crippen LogP) is 1.38. The van der Waals surface area contributed by atoms with E-state index in [0.717, 1.165) is 5.56 Å². The van der Waals surface area contributed by atoms with E-state index in [1.165, 1.54) is 19.4 Å². The zero-order valence-electron chi connectivity index (χ0n) is 14.2. The average Bonchev–Trinajstić information content (AvgIpc) is 3.05. The first kappa shape index (κ1) is 17.5.